The second-order valence-corrected chi connectivity index (χ2v) is 5.80. The van der Waals surface area contributed by atoms with Gasteiger partial charge in [0, 0.05) is 5.56 Å². The Kier molecular flexibility index (Phi) is 4.34. The average Bonchev–Trinajstić information content (AvgIpc) is 3.35. The van der Waals surface area contributed by atoms with Gasteiger partial charge in [-0.05, 0) is 36.4 Å². The molecule has 0 aliphatic carbocycles. The molecule has 2 aromatic carbocycles. The molecule has 9 heteroatoms. The summed E-state index contributed by atoms with van der Waals surface area (Å²) < 4.78 is 52.3. The van der Waals surface area contributed by atoms with Crippen molar-refractivity contribution in [2.75, 3.05) is 7.11 Å². The Hall–Kier alpha value is -3.62. The summed E-state index contributed by atoms with van der Waals surface area (Å²) in [6, 6.07) is 14.8. The predicted molar refractivity (Wildman–Crippen MR) is 93.8 cm³/mol. The van der Waals surface area contributed by atoms with Crippen molar-refractivity contribution >= 4 is 0 Å². The van der Waals surface area contributed by atoms with Crippen molar-refractivity contribution in [1.82, 2.24) is 19.9 Å². The maximum absolute atomic E-state index is 13.8. The van der Waals surface area contributed by atoms with Gasteiger partial charge in [0.2, 0.25) is 5.82 Å². The second-order valence-electron chi connectivity index (χ2n) is 5.80. The number of hydrogen-bond donors (Lipinski definition) is 0. The highest BCUT2D eigenvalue weighted by molar-refractivity contribution is 5.62. The highest BCUT2D eigenvalue weighted by atomic mass is 19.4. The topological polar surface area (TPSA) is 66.0 Å². The summed E-state index contributed by atoms with van der Waals surface area (Å²) in [5.74, 6) is 0.537. The highest BCUT2D eigenvalue weighted by Gasteiger charge is 2.40. The first kappa shape index (κ1) is 17.8. The lowest BCUT2D eigenvalue weighted by atomic mass is 10.2. The predicted octanol–water partition coefficient (Wildman–Crippen LogP) is 4.62. The molecule has 6 nitrogen and oxygen atoms in total. The molecule has 142 valence electrons. The number of nitrogens with zero attached hydrogens (tertiary/aromatic N) is 4. The molecule has 2 heterocycles. The lowest BCUT2D eigenvalue weighted by Crippen LogP contribution is -2.14. The molecule has 2 aromatic heterocycles. The van der Waals surface area contributed by atoms with E-state index in [1.54, 1.807) is 42.5 Å². The molecule has 0 fully saturated rings. The van der Waals surface area contributed by atoms with Crippen LogP contribution in [0, 0.1) is 0 Å². The smallest absolute Gasteiger partial charge is 0.434 e. The molecular formula is C19H13F3N4O2. The summed E-state index contributed by atoms with van der Waals surface area (Å²) >= 11 is 0. The maximum atomic E-state index is 13.8. The molecular weight excluding hydrogens is 373 g/mol. The Bertz CT molecular complexity index is 1090. The third-order valence-corrected chi connectivity index (χ3v) is 4.04. The number of aromatic nitrogens is 4. The summed E-state index contributed by atoms with van der Waals surface area (Å²) in [6.07, 6.45) is -3.60. The van der Waals surface area contributed by atoms with E-state index in [-0.39, 0.29) is 23.0 Å². The highest BCUT2D eigenvalue weighted by Crippen LogP contribution is 2.38. The quantitative estimate of drug-likeness (QED) is 0.512. The number of benzene rings is 2. The molecule has 0 bridgehead atoms. The Morgan fingerprint density at radius 2 is 1.71 bits per heavy atom. The van der Waals surface area contributed by atoms with E-state index in [4.69, 9.17) is 9.26 Å². The van der Waals surface area contributed by atoms with E-state index >= 15 is 0 Å². The fraction of sp³-hybridized carbons (Fsp3) is 0.105. The van der Waals surface area contributed by atoms with Gasteiger partial charge in [-0.15, -0.1) is 0 Å². The monoisotopic (exact) mass is 386 g/mol. The molecule has 0 aliphatic heterocycles. The number of hydrogen-bond acceptors (Lipinski definition) is 5. The van der Waals surface area contributed by atoms with Gasteiger partial charge < -0.3 is 9.26 Å². The van der Waals surface area contributed by atoms with Gasteiger partial charge in [-0.1, -0.05) is 23.4 Å². The molecule has 0 unspecified atom stereocenters. The van der Waals surface area contributed by atoms with Crippen LogP contribution in [-0.4, -0.2) is 27.0 Å². The van der Waals surface area contributed by atoms with Crippen molar-refractivity contribution in [2.45, 2.75) is 6.18 Å². The van der Waals surface area contributed by atoms with Gasteiger partial charge in [0.25, 0.3) is 5.89 Å². The van der Waals surface area contributed by atoms with Crippen LogP contribution in [0.4, 0.5) is 13.2 Å². The van der Waals surface area contributed by atoms with Crippen LogP contribution in [0.3, 0.4) is 0 Å². The lowest BCUT2D eigenvalue weighted by Gasteiger charge is -2.11. The van der Waals surface area contributed by atoms with E-state index in [2.05, 4.69) is 15.2 Å². The number of halogens is 3. The van der Waals surface area contributed by atoms with E-state index in [1.807, 2.05) is 0 Å². The second kappa shape index (κ2) is 6.84. The molecule has 0 spiro atoms. The van der Waals surface area contributed by atoms with E-state index in [9.17, 15) is 13.2 Å². The number of methoxy groups -OCH3 is 1. The summed E-state index contributed by atoms with van der Waals surface area (Å²) in [7, 11) is 1.53. The van der Waals surface area contributed by atoms with Gasteiger partial charge in [-0.3, -0.25) is 0 Å². The standard InChI is InChI=1S/C19H13F3N4O2/c1-27-14-9-7-12(8-10-14)17-24-18(28-25-17)15-11-23-26(16(15)19(20,21)22)13-5-3-2-4-6-13/h2-11H,1H3. The minimum Gasteiger partial charge on any atom is -0.497 e. The van der Waals surface area contributed by atoms with Gasteiger partial charge >= 0.3 is 6.18 Å². The van der Waals surface area contributed by atoms with Crippen molar-refractivity contribution in [2.24, 2.45) is 0 Å². The molecule has 0 atom stereocenters. The number of alkyl halides is 3. The van der Waals surface area contributed by atoms with Gasteiger partial charge in [0.05, 0.1) is 24.6 Å². The summed E-state index contributed by atoms with van der Waals surface area (Å²) in [6.45, 7) is 0. The zero-order chi connectivity index (χ0) is 19.7. The first-order chi connectivity index (χ1) is 13.5. The fourth-order valence-electron chi connectivity index (χ4n) is 2.73. The van der Waals surface area contributed by atoms with Crippen molar-refractivity contribution in [3.63, 3.8) is 0 Å². The zero-order valence-corrected chi connectivity index (χ0v) is 14.5. The van der Waals surface area contributed by atoms with Crippen molar-refractivity contribution in [3.05, 3.63) is 66.5 Å². The molecule has 0 saturated carbocycles. The van der Waals surface area contributed by atoms with Crippen molar-refractivity contribution in [3.8, 4) is 34.3 Å². The van der Waals surface area contributed by atoms with Crippen LogP contribution in [0.2, 0.25) is 0 Å². The fourth-order valence-corrected chi connectivity index (χ4v) is 2.73. The van der Waals surface area contributed by atoms with Crippen LogP contribution < -0.4 is 4.74 Å². The Labute approximate surface area is 157 Å². The van der Waals surface area contributed by atoms with E-state index < -0.39 is 11.9 Å². The zero-order valence-electron chi connectivity index (χ0n) is 14.5. The van der Waals surface area contributed by atoms with Crippen LogP contribution in [0.25, 0.3) is 28.5 Å². The third kappa shape index (κ3) is 3.22. The minimum absolute atomic E-state index is 0.165. The van der Waals surface area contributed by atoms with E-state index in [0.29, 0.717) is 11.3 Å². The normalized spacial score (nSPS) is 11.6. The van der Waals surface area contributed by atoms with Crippen LogP contribution in [0.5, 0.6) is 5.75 Å². The molecule has 0 amide bonds. The SMILES string of the molecule is COc1ccc(-c2noc(-c3cnn(-c4ccccc4)c3C(F)(F)F)n2)cc1. The lowest BCUT2D eigenvalue weighted by molar-refractivity contribution is -0.142. The summed E-state index contributed by atoms with van der Waals surface area (Å²) in [4.78, 5) is 4.12. The van der Waals surface area contributed by atoms with E-state index in [1.165, 1.54) is 19.2 Å². The van der Waals surface area contributed by atoms with Gasteiger partial charge in [-0.25, -0.2) is 4.68 Å². The largest absolute Gasteiger partial charge is 0.497 e. The molecule has 0 saturated heterocycles. The number of rotatable bonds is 4. The summed E-state index contributed by atoms with van der Waals surface area (Å²) in [5, 5.41) is 7.68. The molecule has 28 heavy (non-hydrogen) atoms. The minimum atomic E-state index is -4.67. The van der Waals surface area contributed by atoms with E-state index in [0.717, 1.165) is 10.9 Å². The maximum Gasteiger partial charge on any atom is 0.434 e. The van der Waals surface area contributed by atoms with Crippen molar-refractivity contribution in [1.29, 1.82) is 0 Å². The van der Waals surface area contributed by atoms with Crippen LogP contribution >= 0.6 is 0 Å². The van der Waals surface area contributed by atoms with Crippen LogP contribution in [-0.2, 0) is 6.18 Å². The first-order valence-electron chi connectivity index (χ1n) is 8.16. The molecule has 0 aliphatic rings. The van der Waals surface area contributed by atoms with Gasteiger partial charge in [0.1, 0.15) is 5.75 Å². The van der Waals surface area contributed by atoms with Crippen molar-refractivity contribution < 1.29 is 22.4 Å². The Morgan fingerprint density at radius 1 is 1.00 bits per heavy atom. The average molecular weight is 386 g/mol. The van der Waals surface area contributed by atoms with Gasteiger partial charge in [-0.2, -0.15) is 23.3 Å². The van der Waals surface area contributed by atoms with Crippen LogP contribution in [0.1, 0.15) is 5.69 Å². The Morgan fingerprint density at radius 3 is 2.36 bits per heavy atom. The third-order valence-electron chi connectivity index (χ3n) is 4.04. The van der Waals surface area contributed by atoms with Crippen LogP contribution in [0.15, 0.2) is 65.3 Å². The summed E-state index contributed by atoms with van der Waals surface area (Å²) in [5.41, 5.74) is -0.414. The molecule has 4 aromatic rings. The number of para-hydroxylation sites is 1. The molecule has 0 radical (unpaired) electrons. The number of ether oxygens (including phenoxy) is 1. The molecule has 4 rings (SSSR count). The Balaban J connectivity index is 1.78. The molecule has 0 N–H and O–H groups in total. The first-order valence-corrected chi connectivity index (χ1v) is 8.16. The van der Waals surface area contributed by atoms with Gasteiger partial charge in [0.15, 0.2) is 5.69 Å².